The molecule has 0 bridgehead atoms. The Morgan fingerprint density at radius 2 is 1.68 bits per heavy atom. The number of carbonyl (C=O) groups excluding carboxylic acids is 1. The Morgan fingerprint density at radius 3 is 2.27 bits per heavy atom. The van der Waals surface area contributed by atoms with Crippen molar-refractivity contribution in [1.82, 2.24) is 0 Å². The number of amides is 1. The monoisotopic (exact) mass is 297 g/mol. The van der Waals surface area contributed by atoms with Crippen LogP contribution in [0.25, 0.3) is 16.9 Å². The maximum atomic E-state index is 11.2. The molecule has 2 aromatic rings. The molecular formula is C17H15NO4. The molecule has 3 rings (SSSR count). The normalized spacial score (nSPS) is 14.4. The second-order valence-electron chi connectivity index (χ2n) is 5.22. The van der Waals surface area contributed by atoms with E-state index in [1.54, 1.807) is 6.07 Å². The molecule has 3 N–H and O–H groups in total. The van der Waals surface area contributed by atoms with Crippen LogP contribution in [0.5, 0.6) is 0 Å². The fourth-order valence-corrected chi connectivity index (χ4v) is 2.76. The molecule has 0 atom stereocenters. The van der Waals surface area contributed by atoms with E-state index in [0.717, 1.165) is 29.5 Å². The van der Waals surface area contributed by atoms with Crippen molar-refractivity contribution in [2.45, 2.75) is 19.3 Å². The highest BCUT2D eigenvalue weighted by Gasteiger charge is 2.21. The summed E-state index contributed by atoms with van der Waals surface area (Å²) in [5.74, 6) is -0.774. The van der Waals surface area contributed by atoms with Crippen molar-refractivity contribution in [2.24, 2.45) is 5.73 Å². The number of allylic oxidation sites excluding steroid dienone is 1. The summed E-state index contributed by atoms with van der Waals surface area (Å²) in [6.45, 7) is 0. The average molecular weight is 297 g/mol. The SMILES string of the molecule is NC(=O)c1ccc(-c2ccc(C3=C(C(=O)O)CCC3)cc2)o1. The topological polar surface area (TPSA) is 93.5 Å². The third-order valence-electron chi connectivity index (χ3n) is 3.84. The Labute approximate surface area is 127 Å². The highest BCUT2D eigenvalue weighted by Crippen LogP contribution is 2.35. The smallest absolute Gasteiger partial charge is 0.331 e. The van der Waals surface area contributed by atoms with Gasteiger partial charge in [0.1, 0.15) is 5.76 Å². The zero-order chi connectivity index (χ0) is 15.7. The van der Waals surface area contributed by atoms with Crippen molar-refractivity contribution >= 4 is 17.4 Å². The van der Waals surface area contributed by atoms with Crippen LogP contribution >= 0.6 is 0 Å². The molecule has 1 aliphatic rings. The fraction of sp³-hybridized carbons (Fsp3) is 0.176. The first-order valence-electron chi connectivity index (χ1n) is 7.02. The lowest BCUT2D eigenvalue weighted by Gasteiger charge is -2.05. The van der Waals surface area contributed by atoms with Crippen LogP contribution in [0.3, 0.4) is 0 Å². The summed E-state index contributed by atoms with van der Waals surface area (Å²) in [5, 5.41) is 9.22. The number of carboxylic acids is 1. The molecule has 0 spiro atoms. The summed E-state index contributed by atoms with van der Waals surface area (Å²) in [7, 11) is 0. The number of benzene rings is 1. The van der Waals surface area contributed by atoms with Gasteiger partial charge in [-0.05, 0) is 42.5 Å². The molecular weight excluding hydrogens is 282 g/mol. The quantitative estimate of drug-likeness (QED) is 0.906. The average Bonchev–Trinajstić information content (AvgIpc) is 3.17. The molecule has 0 fully saturated rings. The number of carbonyl (C=O) groups is 2. The fourth-order valence-electron chi connectivity index (χ4n) is 2.76. The Hall–Kier alpha value is -2.82. The molecule has 1 aliphatic carbocycles. The number of aliphatic carboxylic acids is 1. The minimum atomic E-state index is -0.839. The van der Waals surface area contributed by atoms with Gasteiger partial charge in [-0.2, -0.15) is 0 Å². The Balaban J connectivity index is 1.91. The summed E-state index contributed by atoms with van der Waals surface area (Å²) in [5.41, 5.74) is 8.29. The number of furan rings is 1. The number of hydrogen-bond donors (Lipinski definition) is 2. The second kappa shape index (κ2) is 5.52. The molecule has 1 amide bonds. The lowest BCUT2D eigenvalue weighted by atomic mass is 10.00. The Kier molecular flexibility index (Phi) is 3.55. The summed E-state index contributed by atoms with van der Waals surface area (Å²) in [4.78, 5) is 22.3. The van der Waals surface area contributed by atoms with Crippen LogP contribution in [0.2, 0.25) is 0 Å². The first-order valence-corrected chi connectivity index (χ1v) is 7.02. The molecule has 0 aliphatic heterocycles. The molecule has 22 heavy (non-hydrogen) atoms. The summed E-state index contributed by atoms with van der Waals surface area (Å²) < 4.78 is 5.38. The van der Waals surface area contributed by atoms with Gasteiger partial charge in [-0.25, -0.2) is 4.79 Å². The van der Waals surface area contributed by atoms with Gasteiger partial charge in [0.15, 0.2) is 5.76 Å². The van der Waals surface area contributed by atoms with Crippen LogP contribution in [-0.4, -0.2) is 17.0 Å². The van der Waals surface area contributed by atoms with E-state index >= 15 is 0 Å². The lowest BCUT2D eigenvalue weighted by Crippen LogP contribution is -2.09. The number of rotatable bonds is 4. The van der Waals surface area contributed by atoms with Crippen molar-refractivity contribution in [3.8, 4) is 11.3 Å². The van der Waals surface area contributed by atoms with E-state index < -0.39 is 11.9 Å². The highest BCUT2D eigenvalue weighted by atomic mass is 16.4. The number of primary amides is 1. The minimum absolute atomic E-state index is 0.116. The molecule has 1 aromatic carbocycles. The highest BCUT2D eigenvalue weighted by molar-refractivity contribution is 5.97. The van der Waals surface area contributed by atoms with Gasteiger partial charge in [-0.1, -0.05) is 24.3 Å². The van der Waals surface area contributed by atoms with Gasteiger partial charge < -0.3 is 15.3 Å². The first kappa shape index (κ1) is 14.1. The zero-order valence-corrected chi connectivity index (χ0v) is 11.8. The van der Waals surface area contributed by atoms with Gasteiger partial charge in [0.2, 0.25) is 0 Å². The summed E-state index contributed by atoms with van der Waals surface area (Å²) in [6.07, 6.45) is 2.28. The predicted molar refractivity (Wildman–Crippen MR) is 81.1 cm³/mol. The van der Waals surface area contributed by atoms with Gasteiger partial charge in [-0.3, -0.25) is 4.79 Å². The van der Waals surface area contributed by atoms with E-state index in [1.807, 2.05) is 24.3 Å². The molecule has 5 nitrogen and oxygen atoms in total. The van der Waals surface area contributed by atoms with E-state index in [1.165, 1.54) is 6.07 Å². The van der Waals surface area contributed by atoms with Gasteiger partial charge in [0.05, 0.1) is 0 Å². The van der Waals surface area contributed by atoms with Gasteiger partial charge in [0.25, 0.3) is 5.91 Å². The third-order valence-corrected chi connectivity index (χ3v) is 3.84. The van der Waals surface area contributed by atoms with Gasteiger partial charge in [-0.15, -0.1) is 0 Å². The molecule has 1 aromatic heterocycles. The molecule has 0 unspecified atom stereocenters. The maximum Gasteiger partial charge on any atom is 0.331 e. The van der Waals surface area contributed by atoms with E-state index in [4.69, 9.17) is 10.2 Å². The van der Waals surface area contributed by atoms with Crippen molar-refractivity contribution < 1.29 is 19.1 Å². The molecule has 0 radical (unpaired) electrons. The molecule has 0 saturated carbocycles. The number of carboxylic acid groups (broad SMARTS) is 1. The molecule has 0 saturated heterocycles. The second-order valence-corrected chi connectivity index (χ2v) is 5.22. The minimum Gasteiger partial charge on any atom is -0.478 e. The van der Waals surface area contributed by atoms with Crippen LogP contribution < -0.4 is 5.73 Å². The van der Waals surface area contributed by atoms with Crippen LogP contribution in [0.1, 0.15) is 35.4 Å². The van der Waals surface area contributed by atoms with Crippen molar-refractivity contribution in [2.75, 3.05) is 0 Å². The summed E-state index contributed by atoms with van der Waals surface area (Å²) >= 11 is 0. The largest absolute Gasteiger partial charge is 0.478 e. The van der Waals surface area contributed by atoms with Gasteiger partial charge >= 0.3 is 5.97 Å². The lowest BCUT2D eigenvalue weighted by molar-refractivity contribution is -0.132. The van der Waals surface area contributed by atoms with Crippen LogP contribution in [0, 0.1) is 0 Å². The van der Waals surface area contributed by atoms with Crippen LogP contribution in [0.15, 0.2) is 46.4 Å². The maximum absolute atomic E-state index is 11.2. The predicted octanol–water partition coefficient (Wildman–Crippen LogP) is 3.07. The Bertz CT molecular complexity index is 768. The molecule has 5 heteroatoms. The number of hydrogen-bond acceptors (Lipinski definition) is 3. The molecule has 112 valence electrons. The van der Waals surface area contributed by atoms with Crippen molar-refractivity contribution in [3.05, 3.63) is 53.3 Å². The third kappa shape index (κ3) is 2.53. The summed E-state index contributed by atoms with van der Waals surface area (Å²) in [6, 6.07) is 10.7. The van der Waals surface area contributed by atoms with Crippen LogP contribution in [0.4, 0.5) is 0 Å². The van der Waals surface area contributed by atoms with Crippen molar-refractivity contribution in [1.29, 1.82) is 0 Å². The standard InChI is InChI=1S/C17H15NO4/c18-16(19)15-9-8-14(22-15)11-6-4-10(5-7-11)12-2-1-3-13(12)17(20)21/h4-9H,1-3H2,(H2,18,19)(H,20,21). The van der Waals surface area contributed by atoms with Gasteiger partial charge in [0, 0.05) is 11.1 Å². The zero-order valence-electron chi connectivity index (χ0n) is 11.8. The van der Waals surface area contributed by atoms with Crippen LogP contribution in [-0.2, 0) is 4.79 Å². The first-order chi connectivity index (χ1) is 10.6. The van der Waals surface area contributed by atoms with Crippen molar-refractivity contribution in [3.63, 3.8) is 0 Å². The molecule has 1 heterocycles. The van der Waals surface area contributed by atoms with E-state index in [0.29, 0.717) is 17.8 Å². The van der Waals surface area contributed by atoms with E-state index in [9.17, 15) is 14.7 Å². The Morgan fingerprint density at radius 1 is 1.00 bits per heavy atom. The van der Waals surface area contributed by atoms with E-state index in [-0.39, 0.29) is 5.76 Å². The van der Waals surface area contributed by atoms with E-state index in [2.05, 4.69) is 0 Å². The number of nitrogens with two attached hydrogens (primary N) is 1.